The van der Waals surface area contributed by atoms with Gasteiger partial charge in [0.2, 0.25) is 11.8 Å². The molecule has 0 aliphatic heterocycles. The van der Waals surface area contributed by atoms with Gasteiger partial charge in [-0.3, -0.25) is 14.9 Å². The zero-order valence-corrected chi connectivity index (χ0v) is 10.4. The molecule has 5 nitrogen and oxygen atoms in total. The zero-order valence-electron chi connectivity index (χ0n) is 10.4. The van der Waals surface area contributed by atoms with E-state index >= 15 is 0 Å². The molecule has 5 heteroatoms. The van der Waals surface area contributed by atoms with Gasteiger partial charge in [0.05, 0.1) is 13.1 Å². The molecule has 3 N–H and O–H groups in total. The van der Waals surface area contributed by atoms with Crippen LogP contribution in [-0.4, -0.2) is 37.5 Å². The fourth-order valence-electron chi connectivity index (χ4n) is 1.38. The summed E-state index contributed by atoms with van der Waals surface area (Å²) in [5, 5.41) is 8.29. The first-order chi connectivity index (χ1) is 7.60. The Labute approximate surface area is 97.4 Å². The van der Waals surface area contributed by atoms with Gasteiger partial charge in [-0.2, -0.15) is 0 Å². The van der Waals surface area contributed by atoms with E-state index in [2.05, 4.69) is 22.9 Å². The Morgan fingerprint density at radius 1 is 1.12 bits per heavy atom. The van der Waals surface area contributed by atoms with E-state index in [0.29, 0.717) is 6.54 Å². The molecule has 0 bridgehead atoms. The molecule has 0 aromatic heterocycles. The van der Waals surface area contributed by atoms with Crippen molar-refractivity contribution in [1.29, 1.82) is 0 Å². The van der Waals surface area contributed by atoms with Crippen molar-refractivity contribution in [3.05, 3.63) is 0 Å². The van der Waals surface area contributed by atoms with Crippen LogP contribution in [0.3, 0.4) is 0 Å². The average molecular weight is 229 g/mol. The topological polar surface area (TPSA) is 70.2 Å². The first-order valence-corrected chi connectivity index (χ1v) is 5.86. The van der Waals surface area contributed by atoms with Crippen molar-refractivity contribution in [3.63, 3.8) is 0 Å². The number of hydrogen-bond donors (Lipinski definition) is 3. The predicted octanol–water partition coefficient (Wildman–Crippen LogP) is 0.0169. The van der Waals surface area contributed by atoms with Crippen molar-refractivity contribution in [2.45, 2.75) is 39.7 Å². The minimum Gasteiger partial charge on any atom is -0.355 e. The Hall–Kier alpha value is -1.10. The van der Waals surface area contributed by atoms with Crippen molar-refractivity contribution < 1.29 is 9.59 Å². The van der Waals surface area contributed by atoms with Gasteiger partial charge in [0.25, 0.3) is 0 Å². The molecule has 0 aromatic carbocycles. The van der Waals surface area contributed by atoms with Crippen molar-refractivity contribution in [1.82, 2.24) is 16.0 Å². The SMILES string of the molecule is CCCC(C)NC(=O)CNCC(=O)NCC. The number of amides is 2. The fourth-order valence-corrected chi connectivity index (χ4v) is 1.38. The van der Waals surface area contributed by atoms with E-state index in [1.54, 1.807) is 0 Å². The van der Waals surface area contributed by atoms with Crippen molar-refractivity contribution >= 4 is 11.8 Å². The summed E-state index contributed by atoms with van der Waals surface area (Å²) in [6.07, 6.45) is 2.02. The average Bonchev–Trinajstić information content (AvgIpc) is 2.18. The lowest BCUT2D eigenvalue weighted by Gasteiger charge is -2.12. The first kappa shape index (κ1) is 14.9. The lowest BCUT2D eigenvalue weighted by Crippen LogP contribution is -2.42. The van der Waals surface area contributed by atoms with E-state index < -0.39 is 0 Å². The van der Waals surface area contributed by atoms with Crippen LogP contribution in [0.15, 0.2) is 0 Å². The molecule has 0 fully saturated rings. The van der Waals surface area contributed by atoms with Crippen LogP contribution in [-0.2, 0) is 9.59 Å². The quantitative estimate of drug-likeness (QED) is 0.549. The summed E-state index contributed by atoms with van der Waals surface area (Å²) in [5.41, 5.74) is 0. The highest BCUT2D eigenvalue weighted by Crippen LogP contribution is 1.93. The summed E-state index contributed by atoms with van der Waals surface area (Å²) < 4.78 is 0. The van der Waals surface area contributed by atoms with Crippen LogP contribution in [0.1, 0.15) is 33.6 Å². The lowest BCUT2D eigenvalue weighted by atomic mass is 10.2. The summed E-state index contributed by atoms with van der Waals surface area (Å²) in [5.74, 6) is -0.151. The number of likely N-dealkylation sites (N-methyl/N-ethyl adjacent to an activating group) is 1. The zero-order chi connectivity index (χ0) is 12.4. The standard InChI is InChI=1S/C11H23N3O2/c1-4-6-9(3)14-11(16)8-12-7-10(15)13-5-2/h9,12H,4-8H2,1-3H3,(H,13,15)(H,14,16). The van der Waals surface area contributed by atoms with Gasteiger partial charge in [-0.25, -0.2) is 0 Å². The molecule has 0 saturated heterocycles. The van der Waals surface area contributed by atoms with Gasteiger partial charge in [0.1, 0.15) is 0 Å². The van der Waals surface area contributed by atoms with Crippen molar-refractivity contribution in [2.75, 3.05) is 19.6 Å². The number of nitrogens with one attached hydrogen (secondary N) is 3. The molecule has 1 unspecified atom stereocenters. The van der Waals surface area contributed by atoms with Crippen molar-refractivity contribution in [2.24, 2.45) is 0 Å². The first-order valence-electron chi connectivity index (χ1n) is 5.86. The molecule has 0 radical (unpaired) electrons. The molecule has 0 heterocycles. The second-order valence-corrected chi connectivity index (χ2v) is 3.81. The molecule has 16 heavy (non-hydrogen) atoms. The third kappa shape index (κ3) is 8.23. The number of hydrogen-bond acceptors (Lipinski definition) is 3. The Bertz CT molecular complexity index is 219. The number of carbonyl (C=O) groups excluding carboxylic acids is 2. The van der Waals surface area contributed by atoms with Crippen LogP contribution >= 0.6 is 0 Å². The molecule has 0 spiro atoms. The second kappa shape index (κ2) is 9.15. The fraction of sp³-hybridized carbons (Fsp3) is 0.818. The normalized spacial score (nSPS) is 11.9. The van der Waals surface area contributed by atoms with Gasteiger partial charge in [-0.15, -0.1) is 0 Å². The molecule has 1 atom stereocenters. The summed E-state index contributed by atoms with van der Waals surface area (Å²) in [6.45, 7) is 6.90. The number of carbonyl (C=O) groups is 2. The second-order valence-electron chi connectivity index (χ2n) is 3.81. The predicted molar refractivity (Wildman–Crippen MR) is 64.1 cm³/mol. The van der Waals surface area contributed by atoms with Gasteiger partial charge in [-0.1, -0.05) is 13.3 Å². The van der Waals surface area contributed by atoms with Gasteiger partial charge in [0, 0.05) is 12.6 Å². The summed E-state index contributed by atoms with van der Waals surface area (Å²) in [6, 6.07) is 0.198. The van der Waals surface area contributed by atoms with Gasteiger partial charge < -0.3 is 10.6 Å². The third-order valence-electron chi connectivity index (χ3n) is 2.07. The maximum atomic E-state index is 11.4. The molecule has 0 aliphatic carbocycles. The van der Waals surface area contributed by atoms with Gasteiger partial charge >= 0.3 is 0 Å². The summed E-state index contributed by atoms with van der Waals surface area (Å²) in [4.78, 5) is 22.4. The molecule has 0 aliphatic rings. The minimum absolute atomic E-state index is 0.0646. The van der Waals surface area contributed by atoms with Crippen LogP contribution in [0.2, 0.25) is 0 Å². The molecular weight excluding hydrogens is 206 g/mol. The van der Waals surface area contributed by atoms with E-state index in [4.69, 9.17) is 0 Å². The van der Waals surface area contributed by atoms with Gasteiger partial charge in [-0.05, 0) is 20.3 Å². The van der Waals surface area contributed by atoms with Gasteiger partial charge in [0.15, 0.2) is 0 Å². The summed E-state index contributed by atoms with van der Waals surface area (Å²) in [7, 11) is 0. The molecule has 0 saturated carbocycles. The van der Waals surface area contributed by atoms with E-state index in [1.807, 2.05) is 13.8 Å². The largest absolute Gasteiger partial charge is 0.355 e. The van der Waals surface area contributed by atoms with Crippen LogP contribution in [0.5, 0.6) is 0 Å². The monoisotopic (exact) mass is 229 g/mol. The molecule has 0 aromatic rings. The van der Waals surface area contributed by atoms with Crippen LogP contribution in [0.25, 0.3) is 0 Å². The molecule has 2 amide bonds. The molecular formula is C11H23N3O2. The van der Waals surface area contributed by atoms with Crippen LogP contribution < -0.4 is 16.0 Å². The van der Waals surface area contributed by atoms with E-state index in [-0.39, 0.29) is 30.9 Å². The minimum atomic E-state index is -0.0862. The molecule has 94 valence electrons. The number of rotatable bonds is 8. The smallest absolute Gasteiger partial charge is 0.234 e. The molecule has 0 rings (SSSR count). The van der Waals surface area contributed by atoms with E-state index in [9.17, 15) is 9.59 Å². The van der Waals surface area contributed by atoms with E-state index in [0.717, 1.165) is 12.8 Å². The maximum Gasteiger partial charge on any atom is 0.234 e. The van der Waals surface area contributed by atoms with Crippen LogP contribution in [0.4, 0.5) is 0 Å². The highest BCUT2D eigenvalue weighted by atomic mass is 16.2. The highest BCUT2D eigenvalue weighted by Gasteiger charge is 2.06. The Morgan fingerprint density at radius 3 is 2.31 bits per heavy atom. The Balaban J connectivity index is 3.54. The highest BCUT2D eigenvalue weighted by molar-refractivity contribution is 5.81. The Kier molecular flexibility index (Phi) is 8.52. The van der Waals surface area contributed by atoms with Crippen molar-refractivity contribution in [3.8, 4) is 0 Å². The maximum absolute atomic E-state index is 11.4. The van der Waals surface area contributed by atoms with Crippen LogP contribution in [0, 0.1) is 0 Å². The summed E-state index contributed by atoms with van der Waals surface area (Å²) >= 11 is 0. The van der Waals surface area contributed by atoms with E-state index in [1.165, 1.54) is 0 Å². The Morgan fingerprint density at radius 2 is 1.75 bits per heavy atom. The lowest BCUT2D eigenvalue weighted by molar-refractivity contribution is -0.121. The third-order valence-corrected chi connectivity index (χ3v) is 2.07.